The lowest BCUT2D eigenvalue weighted by Gasteiger charge is -2.20. The summed E-state index contributed by atoms with van der Waals surface area (Å²) in [4.78, 5) is 38.4. The van der Waals surface area contributed by atoms with Gasteiger partial charge in [-0.25, -0.2) is 8.42 Å². The number of amides is 3. The van der Waals surface area contributed by atoms with Crippen LogP contribution in [0.25, 0.3) is 0 Å². The molecule has 0 unspecified atom stereocenters. The number of hydrogen-bond acceptors (Lipinski definition) is 5. The molecular weight excluding hydrogens is 478 g/mol. The smallest absolute Gasteiger partial charge is 0.251 e. The maximum atomic E-state index is 12.9. The van der Waals surface area contributed by atoms with E-state index in [1.807, 2.05) is 26.0 Å². The number of unbranched alkanes of at least 4 members (excludes halogenated alkanes) is 1. The summed E-state index contributed by atoms with van der Waals surface area (Å²) in [6.07, 6.45) is 4.97. The van der Waals surface area contributed by atoms with Gasteiger partial charge in [-0.1, -0.05) is 39.3 Å². The number of hydrogen-bond donors (Lipinski definition) is 3. The van der Waals surface area contributed by atoms with Crippen molar-refractivity contribution in [1.29, 1.82) is 0 Å². The molecular formula is C27H37N3O5S. The van der Waals surface area contributed by atoms with Crippen molar-refractivity contribution in [3.8, 4) is 0 Å². The van der Waals surface area contributed by atoms with Crippen LogP contribution in [0.4, 0.5) is 0 Å². The van der Waals surface area contributed by atoms with Crippen molar-refractivity contribution in [3.63, 3.8) is 0 Å². The van der Waals surface area contributed by atoms with Crippen LogP contribution in [-0.4, -0.2) is 51.5 Å². The minimum Gasteiger partial charge on any atom is -0.354 e. The first-order valence-electron chi connectivity index (χ1n) is 12.3. The van der Waals surface area contributed by atoms with Crippen molar-refractivity contribution < 1.29 is 22.8 Å². The van der Waals surface area contributed by atoms with E-state index in [-0.39, 0.29) is 17.0 Å². The molecule has 0 radical (unpaired) electrons. The monoisotopic (exact) mass is 515 g/mol. The molecule has 0 fully saturated rings. The second-order valence-corrected chi connectivity index (χ2v) is 11.3. The highest BCUT2D eigenvalue weighted by Crippen LogP contribution is 2.11. The summed E-state index contributed by atoms with van der Waals surface area (Å²) in [7, 11) is -3.38. The number of rotatable bonds is 13. The quantitative estimate of drug-likeness (QED) is 0.378. The number of carbonyl (C=O) groups is 3. The van der Waals surface area contributed by atoms with Gasteiger partial charge in [-0.15, -0.1) is 0 Å². The first-order valence-corrected chi connectivity index (χ1v) is 14.2. The first-order chi connectivity index (χ1) is 17.0. The van der Waals surface area contributed by atoms with Gasteiger partial charge in [0.05, 0.1) is 4.90 Å². The van der Waals surface area contributed by atoms with E-state index in [9.17, 15) is 22.8 Å². The molecule has 1 atom stereocenters. The fraction of sp³-hybridized carbons (Fsp3) is 0.444. The molecule has 2 aromatic carbocycles. The molecule has 0 bridgehead atoms. The van der Waals surface area contributed by atoms with Crippen LogP contribution in [0.3, 0.4) is 0 Å². The van der Waals surface area contributed by atoms with Gasteiger partial charge in [-0.3, -0.25) is 14.4 Å². The molecule has 0 aliphatic carbocycles. The van der Waals surface area contributed by atoms with Crippen molar-refractivity contribution in [3.05, 3.63) is 65.2 Å². The summed E-state index contributed by atoms with van der Waals surface area (Å²) >= 11 is 0. The number of sulfone groups is 1. The fourth-order valence-electron chi connectivity index (χ4n) is 3.41. The zero-order valence-electron chi connectivity index (χ0n) is 21.5. The van der Waals surface area contributed by atoms with Crippen LogP contribution in [0.2, 0.25) is 0 Å². The zero-order chi connectivity index (χ0) is 26.7. The van der Waals surface area contributed by atoms with Crippen molar-refractivity contribution in [2.45, 2.75) is 57.4 Å². The molecule has 0 spiro atoms. The maximum absolute atomic E-state index is 12.9. The van der Waals surface area contributed by atoms with Crippen LogP contribution in [0, 0.1) is 5.92 Å². The summed E-state index contributed by atoms with van der Waals surface area (Å²) < 4.78 is 23.3. The van der Waals surface area contributed by atoms with Crippen molar-refractivity contribution >= 4 is 27.6 Å². The zero-order valence-corrected chi connectivity index (χ0v) is 22.3. The van der Waals surface area contributed by atoms with Gasteiger partial charge in [0, 0.05) is 30.5 Å². The molecule has 2 aromatic rings. The normalized spacial score (nSPS) is 12.1. The van der Waals surface area contributed by atoms with E-state index in [4.69, 9.17) is 0 Å². The fourth-order valence-corrected chi connectivity index (χ4v) is 4.04. The summed E-state index contributed by atoms with van der Waals surface area (Å²) in [5.41, 5.74) is 1.82. The summed E-state index contributed by atoms with van der Waals surface area (Å²) in [5, 5.41) is 8.21. The molecule has 0 aromatic heterocycles. The molecule has 36 heavy (non-hydrogen) atoms. The van der Waals surface area contributed by atoms with Gasteiger partial charge in [-0.05, 0) is 67.1 Å². The highest BCUT2D eigenvalue weighted by molar-refractivity contribution is 7.90. The van der Waals surface area contributed by atoms with Crippen LogP contribution < -0.4 is 16.0 Å². The Hall–Kier alpha value is -3.20. The Labute approximate surface area is 214 Å². The summed E-state index contributed by atoms with van der Waals surface area (Å²) in [6, 6.07) is 11.8. The summed E-state index contributed by atoms with van der Waals surface area (Å²) in [6.45, 7) is 6.55. The number of aryl methyl sites for hydroxylation is 1. The molecule has 2 rings (SSSR count). The van der Waals surface area contributed by atoms with Crippen molar-refractivity contribution in [2.75, 3.05) is 19.3 Å². The van der Waals surface area contributed by atoms with Gasteiger partial charge in [0.25, 0.3) is 11.8 Å². The average molecular weight is 516 g/mol. The Morgan fingerprint density at radius 2 is 1.44 bits per heavy atom. The van der Waals surface area contributed by atoms with Crippen LogP contribution in [0.15, 0.2) is 53.4 Å². The lowest BCUT2D eigenvalue weighted by atomic mass is 10.1. The lowest BCUT2D eigenvalue weighted by Crippen LogP contribution is -2.52. The molecule has 3 N–H and O–H groups in total. The number of nitrogens with one attached hydrogen (secondary N) is 3. The van der Waals surface area contributed by atoms with E-state index in [0.717, 1.165) is 37.5 Å². The second-order valence-electron chi connectivity index (χ2n) is 9.31. The Kier molecular flexibility index (Phi) is 11.1. The van der Waals surface area contributed by atoms with Crippen LogP contribution in [0.5, 0.6) is 0 Å². The molecule has 0 aliphatic heterocycles. The predicted octanol–water partition coefficient (Wildman–Crippen LogP) is 3.12. The Morgan fingerprint density at radius 1 is 0.861 bits per heavy atom. The Balaban J connectivity index is 2.08. The Bertz CT molecular complexity index is 1130. The largest absolute Gasteiger partial charge is 0.354 e. The van der Waals surface area contributed by atoms with Gasteiger partial charge in [0.2, 0.25) is 5.91 Å². The van der Waals surface area contributed by atoms with Crippen LogP contribution >= 0.6 is 0 Å². The molecule has 8 nitrogen and oxygen atoms in total. The standard InChI is InChI=1S/C27H37N3O5S/c1-5-6-7-20-8-10-22(11-9-20)26(32)30-24(27(33)28-17-16-19(2)3)18-29-25(31)21-12-14-23(15-13-21)36(4,34)35/h8-15,19,24H,5-7,16-18H2,1-4H3,(H,28,33)(H,29,31)(H,30,32)/t24-/m0/s1. The topological polar surface area (TPSA) is 121 Å². The molecule has 0 heterocycles. The van der Waals surface area contributed by atoms with Gasteiger partial charge < -0.3 is 16.0 Å². The Morgan fingerprint density at radius 3 is 2.00 bits per heavy atom. The molecule has 9 heteroatoms. The second kappa shape index (κ2) is 13.8. The lowest BCUT2D eigenvalue weighted by molar-refractivity contribution is -0.122. The number of carbonyl (C=O) groups excluding carboxylic acids is 3. The highest BCUT2D eigenvalue weighted by atomic mass is 32.2. The van der Waals surface area contributed by atoms with E-state index in [1.54, 1.807) is 12.1 Å². The van der Waals surface area contributed by atoms with Crippen LogP contribution in [-0.2, 0) is 21.1 Å². The van der Waals surface area contributed by atoms with Gasteiger partial charge in [0.15, 0.2) is 9.84 Å². The minimum absolute atomic E-state index is 0.106. The van der Waals surface area contributed by atoms with E-state index in [2.05, 4.69) is 22.9 Å². The van der Waals surface area contributed by atoms with Gasteiger partial charge in [0.1, 0.15) is 6.04 Å². The third-order valence-corrected chi connectivity index (χ3v) is 6.82. The molecule has 0 aliphatic rings. The van der Waals surface area contributed by atoms with Crippen molar-refractivity contribution in [1.82, 2.24) is 16.0 Å². The van der Waals surface area contributed by atoms with Crippen molar-refractivity contribution in [2.24, 2.45) is 5.92 Å². The maximum Gasteiger partial charge on any atom is 0.251 e. The van der Waals surface area contributed by atoms with E-state index in [1.165, 1.54) is 24.3 Å². The van der Waals surface area contributed by atoms with Crippen LogP contribution in [0.1, 0.15) is 66.3 Å². The predicted molar refractivity (Wildman–Crippen MR) is 141 cm³/mol. The first kappa shape index (κ1) is 29.0. The molecule has 0 saturated carbocycles. The molecule has 3 amide bonds. The highest BCUT2D eigenvalue weighted by Gasteiger charge is 2.22. The minimum atomic E-state index is -3.38. The third-order valence-electron chi connectivity index (χ3n) is 5.69. The summed E-state index contributed by atoms with van der Waals surface area (Å²) in [5.74, 6) is -0.882. The van der Waals surface area contributed by atoms with E-state index >= 15 is 0 Å². The third kappa shape index (κ3) is 9.45. The SMILES string of the molecule is CCCCc1ccc(C(=O)N[C@@H](CNC(=O)c2ccc(S(C)(=O)=O)cc2)C(=O)NCCC(C)C)cc1. The van der Waals surface area contributed by atoms with E-state index in [0.29, 0.717) is 18.0 Å². The number of benzene rings is 2. The average Bonchev–Trinajstić information content (AvgIpc) is 2.84. The van der Waals surface area contributed by atoms with E-state index < -0.39 is 33.6 Å². The van der Waals surface area contributed by atoms with Gasteiger partial charge >= 0.3 is 0 Å². The molecule has 0 saturated heterocycles. The molecule has 196 valence electrons. The van der Waals surface area contributed by atoms with Gasteiger partial charge in [-0.2, -0.15) is 0 Å².